The van der Waals surface area contributed by atoms with Gasteiger partial charge in [-0.1, -0.05) is 6.92 Å². The number of methoxy groups -OCH3 is 1. The van der Waals surface area contributed by atoms with Gasteiger partial charge in [0, 0.05) is 17.4 Å². The molecule has 0 saturated carbocycles. The number of thiazole rings is 1. The molecule has 0 saturated heterocycles. The Morgan fingerprint density at radius 2 is 2.14 bits per heavy atom. The lowest BCUT2D eigenvalue weighted by Crippen LogP contribution is -2.09. The van der Waals surface area contributed by atoms with Gasteiger partial charge in [-0.3, -0.25) is 4.79 Å². The van der Waals surface area contributed by atoms with E-state index >= 15 is 0 Å². The van der Waals surface area contributed by atoms with Gasteiger partial charge in [-0.2, -0.15) is 5.26 Å². The van der Waals surface area contributed by atoms with Gasteiger partial charge in [-0.15, -0.1) is 11.3 Å². The summed E-state index contributed by atoms with van der Waals surface area (Å²) in [6.45, 7) is 1.93. The summed E-state index contributed by atoms with van der Waals surface area (Å²) in [4.78, 5) is 16.4. The Labute approximate surface area is 128 Å². The van der Waals surface area contributed by atoms with Gasteiger partial charge in [0.1, 0.15) is 10.8 Å². The van der Waals surface area contributed by atoms with Gasteiger partial charge in [-0.05, 0) is 30.7 Å². The SMILES string of the molecule is CCCC(=O)[C@H](C#N)c1nc(-c2ccc(OC)cc2)cs1. The van der Waals surface area contributed by atoms with Gasteiger partial charge >= 0.3 is 0 Å². The molecule has 2 rings (SSSR count). The fourth-order valence-electron chi connectivity index (χ4n) is 1.97. The predicted molar refractivity (Wildman–Crippen MR) is 82.4 cm³/mol. The van der Waals surface area contributed by atoms with Crippen molar-refractivity contribution in [1.29, 1.82) is 5.26 Å². The van der Waals surface area contributed by atoms with Gasteiger partial charge in [0.05, 0.1) is 18.9 Å². The first kappa shape index (κ1) is 15.2. The number of aromatic nitrogens is 1. The Morgan fingerprint density at radius 1 is 1.43 bits per heavy atom. The molecular weight excluding hydrogens is 284 g/mol. The number of carbonyl (C=O) groups is 1. The minimum Gasteiger partial charge on any atom is -0.497 e. The zero-order valence-corrected chi connectivity index (χ0v) is 12.8. The topological polar surface area (TPSA) is 63.0 Å². The summed E-state index contributed by atoms with van der Waals surface area (Å²) in [6, 6.07) is 9.60. The Hall–Kier alpha value is -2.19. The Kier molecular flexibility index (Phi) is 5.07. The van der Waals surface area contributed by atoms with Gasteiger partial charge < -0.3 is 4.74 Å². The summed E-state index contributed by atoms with van der Waals surface area (Å²) in [5.74, 6) is -0.0280. The van der Waals surface area contributed by atoms with E-state index in [1.165, 1.54) is 11.3 Å². The predicted octanol–water partition coefficient (Wildman–Crippen LogP) is 3.80. The van der Waals surface area contributed by atoms with Crippen LogP contribution in [0.3, 0.4) is 0 Å². The quantitative estimate of drug-likeness (QED) is 0.814. The molecule has 108 valence electrons. The number of carbonyl (C=O) groups excluding carboxylic acids is 1. The van der Waals surface area contributed by atoms with Gasteiger partial charge in [-0.25, -0.2) is 4.98 Å². The number of ether oxygens (including phenoxy) is 1. The van der Waals surface area contributed by atoms with Crippen LogP contribution in [0.5, 0.6) is 5.75 Å². The van der Waals surface area contributed by atoms with Crippen LogP contribution in [0.25, 0.3) is 11.3 Å². The summed E-state index contributed by atoms with van der Waals surface area (Å²) in [6.07, 6.45) is 1.16. The van der Waals surface area contributed by atoms with Crippen LogP contribution in [-0.2, 0) is 4.79 Å². The lowest BCUT2D eigenvalue weighted by Gasteiger charge is -2.03. The van der Waals surface area contributed by atoms with Crippen LogP contribution in [-0.4, -0.2) is 17.9 Å². The van der Waals surface area contributed by atoms with Crippen LogP contribution in [0.15, 0.2) is 29.6 Å². The van der Waals surface area contributed by atoms with E-state index in [-0.39, 0.29) is 5.78 Å². The van der Waals surface area contributed by atoms with E-state index in [1.807, 2.05) is 36.6 Å². The maximum Gasteiger partial charge on any atom is 0.156 e. The molecule has 4 nitrogen and oxygen atoms in total. The molecule has 0 unspecified atom stereocenters. The second-order valence-electron chi connectivity index (χ2n) is 4.58. The lowest BCUT2D eigenvalue weighted by molar-refractivity contribution is -0.119. The number of nitriles is 1. The van der Waals surface area contributed by atoms with E-state index in [9.17, 15) is 10.1 Å². The number of nitrogens with zero attached hydrogens (tertiary/aromatic N) is 2. The highest BCUT2D eigenvalue weighted by Crippen LogP contribution is 2.28. The number of hydrogen-bond donors (Lipinski definition) is 0. The Bertz CT molecular complexity index is 656. The second kappa shape index (κ2) is 7.00. The maximum atomic E-state index is 11.9. The number of hydrogen-bond acceptors (Lipinski definition) is 5. The first-order valence-electron chi connectivity index (χ1n) is 6.71. The average Bonchev–Trinajstić information content (AvgIpc) is 2.98. The molecule has 0 bridgehead atoms. The van der Waals surface area contributed by atoms with E-state index in [2.05, 4.69) is 11.1 Å². The van der Waals surface area contributed by atoms with Crippen molar-refractivity contribution in [2.45, 2.75) is 25.7 Å². The molecule has 1 aromatic carbocycles. The highest BCUT2D eigenvalue weighted by Gasteiger charge is 2.22. The number of ketones is 1. The van der Waals surface area contributed by atoms with Gasteiger partial charge in [0.2, 0.25) is 0 Å². The third kappa shape index (κ3) is 3.47. The van der Waals surface area contributed by atoms with Crippen LogP contribution in [0.1, 0.15) is 30.7 Å². The molecule has 1 heterocycles. The van der Waals surface area contributed by atoms with Crippen LogP contribution in [0, 0.1) is 11.3 Å². The Balaban J connectivity index is 2.24. The molecule has 0 amide bonds. The Morgan fingerprint density at radius 3 is 2.71 bits per heavy atom. The first-order chi connectivity index (χ1) is 10.2. The molecule has 0 N–H and O–H groups in total. The molecule has 21 heavy (non-hydrogen) atoms. The highest BCUT2D eigenvalue weighted by molar-refractivity contribution is 7.10. The summed E-state index contributed by atoms with van der Waals surface area (Å²) in [5, 5.41) is 11.7. The normalized spacial score (nSPS) is 11.7. The molecule has 0 aliphatic heterocycles. The maximum absolute atomic E-state index is 11.9. The van der Waals surface area contributed by atoms with Crippen LogP contribution >= 0.6 is 11.3 Å². The van der Waals surface area contributed by atoms with Crippen LogP contribution in [0.4, 0.5) is 0 Å². The van der Waals surface area contributed by atoms with Crippen molar-refractivity contribution in [3.05, 3.63) is 34.7 Å². The zero-order chi connectivity index (χ0) is 15.2. The van der Waals surface area contributed by atoms with E-state index < -0.39 is 5.92 Å². The fourth-order valence-corrected chi connectivity index (χ4v) is 2.86. The van der Waals surface area contributed by atoms with Crippen molar-refractivity contribution in [3.63, 3.8) is 0 Å². The van der Waals surface area contributed by atoms with Crippen molar-refractivity contribution in [1.82, 2.24) is 4.98 Å². The van der Waals surface area contributed by atoms with Crippen molar-refractivity contribution < 1.29 is 9.53 Å². The number of benzene rings is 1. The average molecular weight is 300 g/mol. The third-order valence-electron chi connectivity index (χ3n) is 3.10. The molecule has 0 aliphatic rings. The van der Waals surface area contributed by atoms with E-state index in [4.69, 9.17) is 4.74 Å². The van der Waals surface area contributed by atoms with E-state index in [0.717, 1.165) is 23.4 Å². The minimum atomic E-state index is -0.748. The summed E-state index contributed by atoms with van der Waals surface area (Å²) >= 11 is 1.36. The molecule has 5 heteroatoms. The van der Waals surface area contributed by atoms with Crippen LogP contribution < -0.4 is 4.74 Å². The van der Waals surface area contributed by atoms with E-state index in [0.29, 0.717) is 11.4 Å². The van der Waals surface area contributed by atoms with Crippen molar-refractivity contribution in [3.8, 4) is 23.1 Å². The molecule has 0 fully saturated rings. The van der Waals surface area contributed by atoms with Crippen LogP contribution in [0.2, 0.25) is 0 Å². The third-order valence-corrected chi connectivity index (χ3v) is 4.01. The minimum absolute atomic E-state index is 0.0596. The van der Waals surface area contributed by atoms with Crippen molar-refractivity contribution >= 4 is 17.1 Å². The standard InChI is InChI=1S/C16H16N2O2S/c1-3-4-15(19)13(9-17)16-18-14(10-21-16)11-5-7-12(20-2)8-6-11/h5-8,10,13H,3-4H2,1-2H3/t13-/m0/s1. The second-order valence-corrected chi connectivity index (χ2v) is 5.47. The fraction of sp³-hybridized carbons (Fsp3) is 0.312. The van der Waals surface area contributed by atoms with E-state index in [1.54, 1.807) is 7.11 Å². The van der Waals surface area contributed by atoms with Crippen molar-refractivity contribution in [2.75, 3.05) is 7.11 Å². The number of Topliss-reactive ketones (excluding diaryl/α,β-unsaturated/α-hetero) is 1. The van der Waals surface area contributed by atoms with Crippen molar-refractivity contribution in [2.24, 2.45) is 0 Å². The molecule has 1 aromatic heterocycles. The monoisotopic (exact) mass is 300 g/mol. The molecule has 0 radical (unpaired) electrons. The first-order valence-corrected chi connectivity index (χ1v) is 7.59. The van der Waals surface area contributed by atoms with Gasteiger partial charge in [0.15, 0.2) is 11.7 Å². The lowest BCUT2D eigenvalue weighted by atomic mass is 10.0. The number of rotatable bonds is 6. The zero-order valence-electron chi connectivity index (χ0n) is 12.0. The highest BCUT2D eigenvalue weighted by atomic mass is 32.1. The molecular formula is C16H16N2O2S. The largest absolute Gasteiger partial charge is 0.497 e. The smallest absolute Gasteiger partial charge is 0.156 e. The summed E-state index contributed by atoms with van der Waals surface area (Å²) in [7, 11) is 1.62. The summed E-state index contributed by atoms with van der Waals surface area (Å²) < 4.78 is 5.12. The molecule has 1 atom stereocenters. The molecule has 0 aliphatic carbocycles. The summed E-state index contributed by atoms with van der Waals surface area (Å²) in [5.41, 5.74) is 1.72. The molecule has 0 spiro atoms. The molecule has 2 aromatic rings. The van der Waals surface area contributed by atoms with Gasteiger partial charge in [0.25, 0.3) is 0 Å².